The molecule has 0 bridgehead atoms. The molecule has 0 aliphatic heterocycles. The second-order valence-corrected chi connectivity index (χ2v) is 4.74. The number of carbonyl (C=O) groups is 1. The van der Waals surface area contributed by atoms with E-state index in [0.717, 1.165) is 23.4 Å². The van der Waals surface area contributed by atoms with Crippen LogP contribution >= 0.6 is 12.2 Å². The second-order valence-electron chi connectivity index (χ2n) is 4.26. The summed E-state index contributed by atoms with van der Waals surface area (Å²) in [6.45, 7) is 6.04. The molecule has 1 aromatic rings. The lowest BCUT2D eigenvalue weighted by atomic mass is 10.0. The van der Waals surface area contributed by atoms with Gasteiger partial charge in [0.2, 0.25) is 5.91 Å². The van der Waals surface area contributed by atoms with Crippen LogP contribution in [0.15, 0.2) is 4.52 Å². The number of hydrogen-bond donors (Lipinski definition) is 2. The summed E-state index contributed by atoms with van der Waals surface area (Å²) in [5.74, 6) is 0.185. The van der Waals surface area contributed by atoms with Crippen LogP contribution in [0.5, 0.6) is 0 Å². The molecule has 1 rings (SSSR count). The van der Waals surface area contributed by atoms with E-state index in [9.17, 15) is 4.79 Å². The normalized spacial score (nSPS) is 12.2. The third-order valence-corrected chi connectivity index (χ3v) is 3.14. The molecule has 0 saturated heterocycles. The Bertz CT molecular complexity index is 423. The zero-order chi connectivity index (χ0) is 13.7. The molecule has 0 radical (unpaired) electrons. The van der Waals surface area contributed by atoms with E-state index >= 15 is 0 Å². The van der Waals surface area contributed by atoms with E-state index in [0.29, 0.717) is 13.0 Å². The van der Waals surface area contributed by atoms with E-state index in [1.807, 2.05) is 20.8 Å². The fourth-order valence-corrected chi connectivity index (χ4v) is 1.97. The molecule has 1 amide bonds. The molecule has 5 nitrogen and oxygen atoms in total. The topological polar surface area (TPSA) is 81.2 Å². The summed E-state index contributed by atoms with van der Waals surface area (Å²) in [5, 5.41) is 6.66. The van der Waals surface area contributed by atoms with Gasteiger partial charge in [0, 0.05) is 12.1 Å². The molecule has 0 fully saturated rings. The molecule has 0 aliphatic carbocycles. The number of nitrogens with two attached hydrogens (primary N) is 1. The quantitative estimate of drug-likeness (QED) is 0.767. The minimum Gasteiger partial charge on any atom is -0.393 e. The van der Waals surface area contributed by atoms with Crippen LogP contribution in [0, 0.1) is 19.8 Å². The number of hydrogen-bond acceptors (Lipinski definition) is 4. The summed E-state index contributed by atoms with van der Waals surface area (Å²) < 4.78 is 5.03. The first kappa shape index (κ1) is 14.6. The van der Waals surface area contributed by atoms with E-state index in [1.54, 1.807) is 0 Å². The molecule has 0 spiro atoms. The lowest BCUT2D eigenvalue weighted by Gasteiger charge is -2.14. The highest BCUT2D eigenvalue weighted by Crippen LogP contribution is 2.13. The molecule has 18 heavy (non-hydrogen) atoms. The predicted molar refractivity (Wildman–Crippen MR) is 73.0 cm³/mol. The van der Waals surface area contributed by atoms with Crippen LogP contribution in [0.3, 0.4) is 0 Å². The van der Waals surface area contributed by atoms with Crippen LogP contribution in [0.1, 0.15) is 36.8 Å². The van der Waals surface area contributed by atoms with Crippen LogP contribution in [0.4, 0.5) is 0 Å². The van der Waals surface area contributed by atoms with Gasteiger partial charge >= 0.3 is 0 Å². The number of nitrogens with one attached hydrogen (secondary N) is 1. The standard InChI is InChI=1S/C12H19N3O2S/c1-4-5-9(11(13)18)12(16)14-6-10-7(2)15-17-8(10)3/h9H,4-6H2,1-3H3,(H2,13,18)(H,14,16). The smallest absolute Gasteiger partial charge is 0.230 e. The van der Waals surface area contributed by atoms with Crippen molar-refractivity contribution in [1.29, 1.82) is 0 Å². The SMILES string of the molecule is CCCC(C(=O)NCc1c(C)noc1C)C(N)=S. The van der Waals surface area contributed by atoms with Crippen LogP contribution in [0.2, 0.25) is 0 Å². The Kier molecular flexibility index (Phi) is 5.27. The Balaban J connectivity index is 2.62. The maximum absolute atomic E-state index is 12.0. The molecule has 0 aliphatic rings. The van der Waals surface area contributed by atoms with Gasteiger partial charge in [-0.05, 0) is 20.3 Å². The van der Waals surface area contributed by atoms with Gasteiger partial charge in [-0.3, -0.25) is 4.79 Å². The monoisotopic (exact) mass is 269 g/mol. The maximum Gasteiger partial charge on any atom is 0.230 e. The van der Waals surface area contributed by atoms with Crippen molar-refractivity contribution in [2.24, 2.45) is 11.7 Å². The van der Waals surface area contributed by atoms with Crippen LogP contribution < -0.4 is 11.1 Å². The summed E-state index contributed by atoms with van der Waals surface area (Å²) >= 11 is 4.91. The third kappa shape index (κ3) is 3.53. The average Bonchev–Trinajstić information content (AvgIpc) is 2.62. The number of rotatable bonds is 6. The van der Waals surface area contributed by atoms with E-state index in [-0.39, 0.29) is 10.9 Å². The van der Waals surface area contributed by atoms with Crippen molar-refractivity contribution in [3.63, 3.8) is 0 Å². The van der Waals surface area contributed by atoms with Crippen LogP contribution in [0.25, 0.3) is 0 Å². The Morgan fingerprint density at radius 2 is 2.22 bits per heavy atom. The number of aromatic nitrogens is 1. The Labute approximate surface area is 112 Å². The van der Waals surface area contributed by atoms with Gasteiger partial charge in [-0.15, -0.1) is 0 Å². The first-order valence-electron chi connectivity index (χ1n) is 5.96. The molecule has 3 N–H and O–H groups in total. The molecule has 6 heteroatoms. The van der Waals surface area contributed by atoms with Crippen molar-refractivity contribution in [2.45, 2.75) is 40.2 Å². The highest BCUT2D eigenvalue weighted by Gasteiger charge is 2.20. The number of thiocarbonyl (C=S) groups is 1. The lowest BCUT2D eigenvalue weighted by molar-refractivity contribution is -0.123. The first-order valence-corrected chi connectivity index (χ1v) is 6.37. The average molecular weight is 269 g/mol. The molecular weight excluding hydrogens is 250 g/mol. The molecule has 0 saturated carbocycles. The molecular formula is C12H19N3O2S. The summed E-state index contributed by atoms with van der Waals surface area (Å²) in [7, 11) is 0. The highest BCUT2D eigenvalue weighted by molar-refractivity contribution is 7.80. The first-order chi connectivity index (χ1) is 8.47. The van der Waals surface area contributed by atoms with Gasteiger partial charge in [0.15, 0.2) is 0 Å². The Morgan fingerprint density at radius 3 is 2.67 bits per heavy atom. The Morgan fingerprint density at radius 1 is 1.56 bits per heavy atom. The predicted octanol–water partition coefficient (Wildman–Crippen LogP) is 1.61. The van der Waals surface area contributed by atoms with E-state index in [2.05, 4.69) is 10.5 Å². The largest absolute Gasteiger partial charge is 0.393 e. The number of carbonyl (C=O) groups excluding carboxylic acids is 1. The van der Waals surface area contributed by atoms with E-state index in [4.69, 9.17) is 22.5 Å². The minimum atomic E-state index is -0.398. The zero-order valence-corrected chi connectivity index (χ0v) is 11.8. The van der Waals surface area contributed by atoms with Crippen molar-refractivity contribution in [3.8, 4) is 0 Å². The van der Waals surface area contributed by atoms with E-state index in [1.165, 1.54) is 0 Å². The number of amides is 1. The third-order valence-electron chi connectivity index (χ3n) is 2.86. The summed E-state index contributed by atoms with van der Waals surface area (Å²) in [6.07, 6.45) is 1.53. The van der Waals surface area contributed by atoms with Crippen molar-refractivity contribution >= 4 is 23.1 Å². The molecule has 1 heterocycles. The highest BCUT2D eigenvalue weighted by atomic mass is 32.1. The van der Waals surface area contributed by atoms with E-state index < -0.39 is 5.92 Å². The molecule has 1 unspecified atom stereocenters. The lowest BCUT2D eigenvalue weighted by Crippen LogP contribution is -2.37. The Hall–Kier alpha value is -1.43. The number of aryl methyl sites for hydroxylation is 2. The van der Waals surface area contributed by atoms with Gasteiger partial charge in [-0.1, -0.05) is 30.7 Å². The number of nitrogens with zero attached hydrogens (tertiary/aromatic N) is 1. The van der Waals surface area contributed by atoms with Gasteiger partial charge in [0.05, 0.1) is 16.6 Å². The van der Waals surface area contributed by atoms with Crippen molar-refractivity contribution in [2.75, 3.05) is 0 Å². The molecule has 100 valence electrons. The van der Waals surface area contributed by atoms with Crippen molar-refractivity contribution in [3.05, 3.63) is 17.0 Å². The second kappa shape index (κ2) is 6.49. The van der Waals surface area contributed by atoms with Crippen molar-refractivity contribution < 1.29 is 9.32 Å². The maximum atomic E-state index is 12.0. The molecule has 1 aromatic heterocycles. The summed E-state index contributed by atoms with van der Waals surface area (Å²) in [6, 6.07) is 0. The summed E-state index contributed by atoms with van der Waals surface area (Å²) in [4.78, 5) is 12.2. The molecule has 1 atom stereocenters. The van der Waals surface area contributed by atoms with Crippen LogP contribution in [-0.4, -0.2) is 16.1 Å². The zero-order valence-electron chi connectivity index (χ0n) is 10.9. The summed E-state index contributed by atoms with van der Waals surface area (Å²) in [5.41, 5.74) is 7.26. The fraction of sp³-hybridized carbons (Fsp3) is 0.583. The van der Waals surface area contributed by atoms with Gasteiger partial charge in [-0.2, -0.15) is 0 Å². The minimum absolute atomic E-state index is 0.135. The molecule has 0 aromatic carbocycles. The van der Waals surface area contributed by atoms with Gasteiger partial charge in [0.1, 0.15) is 5.76 Å². The van der Waals surface area contributed by atoms with Gasteiger partial charge in [-0.25, -0.2) is 0 Å². The van der Waals surface area contributed by atoms with Gasteiger partial charge in [0.25, 0.3) is 0 Å². The van der Waals surface area contributed by atoms with Crippen molar-refractivity contribution in [1.82, 2.24) is 10.5 Å². The van der Waals surface area contributed by atoms with Crippen LogP contribution in [-0.2, 0) is 11.3 Å². The van der Waals surface area contributed by atoms with Gasteiger partial charge < -0.3 is 15.6 Å². The fourth-order valence-electron chi connectivity index (χ4n) is 1.74.